The number of hydrogen-bond donors (Lipinski definition) is 1. The number of amides is 1. The number of benzene rings is 1. The van der Waals surface area contributed by atoms with Gasteiger partial charge in [-0.3, -0.25) is 14.3 Å². The van der Waals surface area contributed by atoms with Crippen molar-refractivity contribution in [3.05, 3.63) is 83.2 Å². The topological polar surface area (TPSA) is 72.7 Å². The molecule has 4 rings (SSSR count). The first-order valence-corrected chi connectivity index (χ1v) is 9.13. The van der Waals surface area contributed by atoms with Gasteiger partial charge in [-0.25, -0.2) is 9.97 Å². The van der Waals surface area contributed by atoms with Gasteiger partial charge in [0.15, 0.2) is 0 Å². The van der Waals surface area contributed by atoms with Crippen LogP contribution in [0.3, 0.4) is 0 Å². The van der Waals surface area contributed by atoms with Gasteiger partial charge in [0.2, 0.25) is 0 Å². The van der Waals surface area contributed by atoms with Crippen molar-refractivity contribution in [3.8, 4) is 5.82 Å². The van der Waals surface area contributed by atoms with E-state index < -0.39 is 0 Å². The van der Waals surface area contributed by atoms with Crippen molar-refractivity contribution in [1.29, 1.82) is 0 Å². The minimum atomic E-state index is -0.135. The molecule has 0 aliphatic carbocycles. The van der Waals surface area contributed by atoms with Crippen LogP contribution >= 0.6 is 0 Å². The molecule has 0 saturated heterocycles. The molecular weight excluding hydrogens is 350 g/mol. The van der Waals surface area contributed by atoms with Gasteiger partial charge >= 0.3 is 0 Å². The molecule has 0 unspecified atom stereocenters. The van der Waals surface area contributed by atoms with Gasteiger partial charge in [-0.05, 0) is 56.2 Å². The molecule has 0 saturated carbocycles. The number of hydrogen-bond acceptors (Lipinski definition) is 4. The molecule has 3 heterocycles. The Bertz CT molecular complexity index is 1180. The second-order valence-electron chi connectivity index (χ2n) is 6.87. The first-order valence-electron chi connectivity index (χ1n) is 9.13. The van der Waals surface area contributed by atoms with Crippen molar-refractivity contribution in [2.24, 2.45) is 0 Å². The Morgan fingerprint density at radius 2 is 1.89 bits per heavy atom. The predicted octanol–water partition coefficient (Wildman–Crippen LogP) is 3.67. The number of nitrogens with one attached hydrogen (secondary N) is 1. The summed E-state index contributed by atoms with van der Waals surface area (Å²) in [5.74, 6) is 1.51. The van der Waals surface area contributed by atoms with Gasteiger partial charge in [-0.15, -0.1) is 0 Å². The second-order valence-corrected chi connectivity index (χ2v) is 6.87. The average molecular weight is 371 g/mol. The summed E-state index contributed by atoms with van der Waals surface area (Å²) in [6.45, 7) is 6.23. The monoisotopic (exact) mass is 371 g/mol. The lowest BCUT2D eigenvalue weighted by Crippen LogP contribution is -2.24. The average Bonchev–Trinajstić information content (AvgIpc) is 3.11. The van der Waals surface area contributed by atoms with E-state index in [4.69, 9.17) is 0 Å². The summed E-state index contributed by atoms with van der Waals surface area (Å²) in [7, 11) is 0. The van der Waals surface area contributed by atoms with Crippen molar-refractivity contribution < 1.29 is 4.79 Å². The summed E-state index contributed by atoms with van der Waals surface area (Å²) >= 11 is 0. The molecule has 1 aromatic carbocycles. The molecule has 6 nitrogen and oxygen atoms in total. The van der Waals surface area contributed by atoms with Crippen LogP contribution in [0.5, 0.6) is 0 Å². The van der Waals surface area contributed by atoms with Crippen molar-refractivity contribution in [1.82, 2.24) is 24.8 Å². The zero-order valence-electron chi connectivity index (χ0n) is 16.1. The fourth-order valence-electron chi connectivity index (χ4n) is 3.20. The summed E-state index contributed by atoms with van der Waals surface area (Å²) in [4.78, 5) is 25.9. The van der Waals surface area contributed by atoms with Gasteiger partial charge in [-0.1, -0.05) is 12.1 Å². The largest absolute Gasteiger partial charge is 0.348 e. The van der Waals surface area contributed by atoms with Gasteiger partial charge in [0, 0.05) is 30.5 Å². The molecule has 0 aliphatic rings. The van der Waals surface area contributed by atoms with Crippen molar-refractivity contribution >= 4 is 16.8 Å². The van der Waals surface area contributed by atoms with Crippen LogP contribution in [0.15, 0.2) is 55.0 Å². The minimum absolute atomic E-state index is 0.135. The molecular formula is C22H21N5O. The number of carbonyl (C=O) groups is 1. The normalized spacial score (nSPS) is 11.0. The Morgan fingerprint density at radius 3 is 2.68 bits per heavy atom. The lowest BCUT2D eigenvalue weighted by molar-refractivity contribution is 0.0950. The van der Waals surface area contributed by atoms with Crippen LogP contribution in [0.25, 0.3) is 16.7 Å². The fourth-order valence-corrected chi connectivity index (χ4v) is 3.20. The highest BCUT2D eigenvalue weighted by Gasteiger charge is 2.12. The van der Waals surface area contributed by atoms with Gasteiger partial charge in [0.1, 0.15) is 11.6 Å². The standard InChI is InChI=1S/C22H21N5O/c1-14-4-5-18-12-19(15(2)26-20(18)10-14)22(28)25-13-17-6-7-24-21(11-17)27-9-8-23-16(27)3/h4-12H,13H2,1-3H3,(H,25,28). The zero-order chi connectivity index (χ0) is 19.7. The smallest absolute Gasteiger partial charge is 0.253 e. The molecule has 1 N–H and O–H groups in total. The van der Waals surface area contributed by atoms with Crippen LogP contribution in [-0.2, 0) is 6.54 Å². The van der Waals surface area contributed by atoms with Crippen LogP contribution in [-0.4, -0.2) is 25.4 Å². The predicted molar refractivity (Wildman–Crippen MR) is 108 cm³/mol. The van der Waals surface area contributed by atoms with Crippen molar-refractivity contribution in [2.45, 2.75) is 27.3 Å². The maximum Gasteiger partial charge on any atom is 0.253 e. The Kier molecular flexibility index (Phi) is 4.61. The summed E-state index contributed by atoms with van der Waals surface area (Å²) in [5, 5.41) is 3.95. The van der Waals surface area contributed by atoms with Gasteiger partial charge in [-0.2, -0.15) is 0 Å². The van der Waals surface area contributed by atoms with E-state index in [1.807, 2.05) is 67.9 Å². The van der Waals surface area contributed by atoms with E-state index >= 15 is 0 Å². The minimum Gasteiger partial charge on any atom is -0.348 e. The van der Waals surface area contributed by atoms with E-state index in [9.17, 15) is 4.79 Å². The van der Waals surface area contributed by atoms with E-state index in [2.05, 4.69) is 20.3 Å². The third-order valence-electron chi connectivity index (χ3n) is 4.74. The Labute approximate surface area is 163 Å². The van der Waals surface area contributed by atoms with Crippen LogP contribution in [0.4, 0.5) is 0 Å². The number of pyridine rings is 2. The Balaban J connectivity index is 1.53. The SMILES string of the molecule is Cc1ccc2cc(C(=O)NCc3ccnc(-n4ccnc4C)c3)c(C)nc2c1. The summed E-state index contributed by atoms with van der Waals surface area (Å²) in [6, 6.07) is 11.8. The molecule has 3 aromatic heterocycles. The van der Waals surface area contributed by atoms with E-state index in [1.165, 1.54) is 0 Å². The second kappa shape index (κ2) is 7.23. The van der Waals surface area contributed by atoms with Crippen LogP contribution < -0.4 is 5.32 Å². The maximum absolute atomic E-state index is 12.7. The molecule has 6 heteroatoms. The third-order valence-corrected chi connectivity index (χ3v) is 4.74. The number of nitrogens with zero attached hydrogens (tertiary/aromatic N) is 4. The summed E-state index contributed by atoms with van der Waals surface area (Å²) in [5.41, 5.74) is 4.34. The first-order chi connectivity index (χ1) is 13.5. The number of fused-ring (bicyclic) bond motifs is 1. The molecule has 0 spiro atoms. The molecule has 0 bridgehead atoms. The molecule has 28 heavy (non-hydrogen) atoms. The number of carbonyl (C=O) groups excluding carboxylic acids is 1. The number of imidazole rings is 1. The van der Waals surface area contributed by atoms with Gasteiger partial charge in [0.25, 0.3) is 5.91 Å². The molecule has 4 aromatic rings. The van der Waals surface area contributed by atoms with Gasteiger partial charge in [0.05, 0.1) is 16.8 Å². The van der Waals surface area contributed by atoms with E-state index in [0.717, 1.165) is 39.4 Å². The van der Waals surface area contributed by atoms with E-state index in [-0.39, 0.29) is 5.91 Å². The Morgan fingerprint density at radius 1 is 1.04 bits per heavy atom. The first kappa shape index (κ1) is 17.9. The zero-order valence-corrected chi connectivity index (χ0v) is 16.1. The molecule has 0 aliphatic heterocycles. The maximum atomic E-state index is 12.7. The summed E-state index contributed by atoms with van der Waals surface area (Å²) in [6.07, 6.45) is 5.34. The van der Waals surface area contributed by atoms with Crippen LogP contribution in [0.2, 0.25) is 0 Å². The van der Waals surface area contributed by atoms with Crippen molar-refractivity contribution in [3.63, 3.8) is 0 Å². The molecule has 0 fully saturated rings. The molecule has 0 radical (unpaired) electrons. The lowest BCUT2D eigenvalue weighted by atomic mass is 10.1. The number of aryl methyl sites for hydroxylation is 3. The Hall–Kier alpha value is -3.54. The highest BCUT2D eigenvalue weighted by Crippen LogP contribution is 2.18. The molecule has 0 atom stereocenters. The van der Waals surface area contributed by atoms with E-state index in [0.29, 0.717) is 12.1 Å². The van der Waals surface area contributed by atoms with E-state index in [1.54, 1.807) is 12.4 Å². The number of aromatic nitrogens is 4. The molecule has 140 valence electrons. The van der Waals surface area contributed by atoms with Gasteiger partial charge < -0.3 is 5.32 Å². The quantitative estimate of drug-likeness (QED) is 0.594. The van der Waals surface area contributed by atoms with Crippen LogP contribution in [0, 0.1) is 20.8 Å². The highest BCUT2D eigenvalue weighted by molar-refractivity contribution is 5.98. The summed E-state index contributed by atoms with van der Waals surface area (Å²) < 4.78 is 1.91. The third kappa shape index (κ3) is 3.49. The van der Waals surface area contributed by atoms with Crippen molar-refractivity contribution in [2.75, 3.05) is 0 Å². The lowest BCUT2D eigenvalue weighted by Gasteiger charge is -2.10. The fraction of sp³-hybridized carbons (Fsp3) is 0.182. The van der Waals surface area contributed by atoms with Crippen LogP contribution in [0.1, 0.15) is 33.0 Å². The molecule has 1 amide bonds. The highest BCUT2D eigenvalue weighted by atomic mass is 16.1. The number of rotatable bonds is 4.